The van der Waals surface area contributed by atoms with Crippen LogP contribution in [0, 0.1) is 0 Å². The molecule has 0 N–H and O–H groups in total. The number of hydrogen-bond donors (Lipinski definition) is 0. The second-order valence-electron chi connectivity index (χ2n) is 13.7. The van der Waals surface area contributed by atoms with Gasteiger partial charge in [0.05, 0.1) is 38.6 Å². The summed E-state index contributed by atoms with van der Waals surface area (Å²) >= 11 is 0. The molecule has 6 nitrogen and oxygen atoms in total. The summed E-state index contributed by atoms with van der Waals surface area (Å²) in [5.41, 5.74) is 1.28. The van der Waals surface area contributed by atoms with Crippen molar-refractivity contribution in [3.63, 3.8) is 0 Å². The van der Waals surface area contributed by atoms with Gasteiger partial charge in [0.15, 0.2) is 17.3 Å². The van der Waals surface area contributed by atoms with Gasteiger partial charge >= 0.3 is 0 Å². The van der Waals surface area contributed by atoms with Gasteiger partial charge in [0, 0.05) is 11.6 Å². The first-order valence-electron chi connectivity index (χ1n) is 20.8. The Balaban J connectivity index is 2.42. The van der Waals surface area contributed by atoms with Crippen LogP contribution in [0.25, 0.3) is 6.08 Å². The summed E-state index contributed by atoms with van der Waals surface area (Å²) in [6.45, 7) is 14.0. The predicted octanol–water partition coefficient (Wildman–Crippen LogP) is 13.4. The van der Waals surface area contributed by atoms with Crippen molar-refractivity contribution in [3.8, 4) is 28.7 Å². The van der Waals surface area contributed by atoms with Crippen LogP contribution in [0.2, 0.25) is 0 Å². The first kappa shape index (κ1) is 44.0. The van der Waals surface area contributed by atoms with Gasteiger partial charge in [-0.2, -0.15) is 0 Å². The molecule has 0 atom stereocenters. The zero-order valence-electron chi connectivity index (χ0n) is 33.2. The van der Waals surface area contributed by atoms with E-state index in [9.17, 15) is 4.79 Å². The molecule has 51 heavy (non-hydrogen) atoms. The van der Waals surface area contributed by atoms with Crippen LogP contribution in [-0.2, 0) is 0 Å². The van der Waals surface area contributed by atoms with Gasteiger partial charge < -0.3 is 23.7 Å². The summed E-state index contributed by atoms with van der Waals surface area (Å²) in [4.78, 5) is 14.2. The van der Waals surface area contributed by atoms with E-state index in [-0.39, 0.29) is 5.78 Å². The van der Waals surface area contributed by atoms with Gasteiger partial charge in [0.2, 0.25) is 0 Å². The number of benzene rings is 2. The Bertz CT molecular complexity index is 1210. The van der Waals surface area contributed by atoms with Crippen LogP contribution >= 0.6 is 0 Å². The second kappa shape index (κ2) is 29.4. The van der Waals surface area contributed by atoms with E-state index in [4.69, 9.17) is 23.7 Å². The maximum atomic E-state index is 14.2. The average molecular weight is 709 g/mol. The molecule has 0 fully saturated rings. The highest BCUT2D eigenvalue weighted by Gasteiger charge is 2.20. The number of rotatable bonds is 33. The molecule has 0 unspecified atom stereocenters. The third kappa shape index (κ3) is 19.3. The van der Waals surface area contributed by atoms with Crippen LogP contribution in [0.3, 0.4) is 0 Å². The Morgan fingerprint density at radius 1 is 0.471 bits per heavy atom. The minimum absolute atomic E-state index is 0.161. The molecule has 0 radical (unpaired) electrons. The maximum Gasteiger partial charge on any atom is 0.189 e. The number of ether oxygens (including phenoxy) is 5. The molecular formula is C45H72O6. The third-order valence-electron chi connectivity index (χ3n) is 8.98. The predicted molar refractivity (Wildman–Crippen MR) is 214 cm³/mol. The fraction of sp³-hybridized carbons (Fsp3) is 0.667. The SMILES string of the molecule is CCCCCCOc1ccc(OCCCCCC)c(C=CC(=O)c2cc(OCCCCCC)cc(OCCCCCC)c2OCCCCCC)c1. The molecule has 2 rings (SSSR count). The van der Waals surface area contributed by atoms with Crippen LogP contribution in [0.15, 0.2) is 36.4 Å². The lowest BCUT2D eigenvalue weighted by Crippen LogP contribution is -2.09. The summed E-state index contributed by atoms with van der Waals surface area (Å²) in [5, 5.41) is 0. The minimum Gasteiger partial charge on any atom is -0.494 e. The minimum atomic E-state index is -0.161. The number of carbonyl (C=O) groups excluding carboxylic acids is 1. The lowest BCUT2D eigenvalue weighted by molar-refractivity contribution is 0.104. The summed E-state index contributed by atoms with van der Waals surface area (Å²) < 4.78 is 31.3. The van der Waals surface area contributed by atoms with E-state index in [0.29, 0.717) is 55.8 Å². The summed E-state index contributed by atoms with van der Waals surface area (Å²) in [6.07, 6.45) is 25.8. The molecule has 0 amide bonds. The van der Waals surface area contributed by atoms with Gasteiger partial charge in [0.1, 0.15) is 17.2 Å². The van der Waals surface area contributed by atoms with E-state index in [1.807, 2.05) is 36.4 Å². The maximum absolute atomic E-state index is 14.2. The van der Waals surface area contributed by atoms with Crippen molar-refractivity contribution in [2.24, 2.45) is 0 Å². The molecule has 0 aliphatic carbocycles. The monoisotopic (exact) mass is 709 g/mol. The topological polar surface area (TPSA) is 63.2 Å². The Kier molecular flexibility index (Phi) is 25.4. The quantitative estimate of drug-likeness (QED) is 0.0418. The summed E-state index contributed by atoms with van der Waals surface area (Å²) in [7, 11) is 0. The van der Waals surface area contributed by atoms with Gasteiger partial charge in [-0.05, 0) is 68.5 Å². The number of allylic oxidation sites excluding steroid dienone is 1. The molecule has 0 aromatic heterocycles. The number of hydrogen-bond acceptors (Lipinski definition) is 6. The van der Waals surface area contributed by atoms with Gasteiger partial charge in [-0.15, -0.1) is 0 Å². The average Bonchev–Trinajstić information content (AvgIpc) is 3.14. The normalized spacial score (nSPS) is 11.2. The molecule has 2 aromatic carbocycles. The molecule has 6 heteroatoms. The lowest BCUT2D eigenvalue weighted by Gasteiger charge is -2.18. The van der Waals surface area contributed by atoms with Crippen LogP contribution in [0.4, 0.5) is 0 Å². The first-order valence-corrected chi connectivity index (χ1v) is 20.8. The van der Waals surface area contributed by atoms with Crippen LogP contribution in [0.1, 0.15) is 179 Å². The Hall–Kier alpha value is -3.15. The Labute approximate surface area is 312 Å². The zero-order chi connectivity index (χ0) is 36.8. The highest BCUT2D eigenvalue weighted by atomic mass is 16.5. The molecule has 0 heterocycles. The fourth-order valence-corrected chi connectivity index (χ4v) is 5.80. The number of carbonyl (C=O) groups is 1. The van der Waals surface area contributed by atoms with Crippen LogP contribution in [0.5, 0.6) is 28.7 Å². The van der Waals surface area contributed by atoms with Crippen molar-refractivity contribution in [1.29, 1.82) is 0 Å². The van der Waals surface area contributed by atoms with Crippen molar-refractivity contribution in [2.75, 3.05) is 33.0 Å². The summed E-state index contributed by atoms with van der Waals surface area (Å²) in [5.74, 6) is 3.10. The fourth-order valence-electron chi connectivity index (χ4n) is 5.80. The van der Waals surface area contributed by atoms with E-state index in [2.05, 4.69) is 34.6 Å². The highest BCUT2D eigenvalue weighted by molar-refractivity contribution is 6.09. The number of unbranched alkanes of at least 4 members (excludes halogenated alkanes) is 15. The molecule has 2 aromatic rings. The Morgan fingerprint density at radius 3 is 1.43 bits per heavy atom. The van der Waals surface area contributed by atoms with Crippen LogP contribution < -0.4 is 23.7 Å². The molecule has 0 saturated carbocycles. The van der Waals surface area contributed by atoms with Crippen molar-refractivity contribution in [1.82, 2.24) is 0 Å². The molecule has 0 bridgehead atoms. The van der Waals surface area contributed by atoms with Gasteiger partial charge in [-0.1, -0.05) is 131 Å². The van der Waals surface area contributed by atoms with Gasteiger partial charge in [-0.3, -0.25) is 4.79 Å². The van der Waals surface area contributed by atoms with E-state index < -0.39 is 0 Å². The van der Waals surface area contributed by atoms with E-state index in [1.165, 1.54) is 44.9 Å². The lowest BCUT2D eigenvalue weighted by atomic mass is 10.1. The second-order valence-corrected chi connectivity index (χ2v) is 13.7. The molecular weight excluding hydrogens is 636 g/mol. The van der Waals surface area contributed by atoms with Crippen molar-refractivity contribution in [3.05, 3.63) is 47.5 Å². The van der Waals surface area contributed by atoms with E-state index >= 15 is 0 Å². The van der Waals surface area contributed by atoms with E-state index in [1.54, 1.807) is 6.08 Å². The van der Waals surface area contributed by atoms with Crippen molar-refractivity contribution >= 4 is 11.9 Å². The standard InChI is InChI=1S/C45H72O6/c1-6-11-16-21-30-47-39-27-29-43(49-32-23-18-13-8-3)38(35-39)26-28-42(46)41-36-40(48-31-22-17-12-7-2)37-44(50-33-24-19-14-9-4)45(41)51-34-25-20-15-10-5/h26-29,35-37H,6-25,30-34H2,1-5H3. The summed E-state index contributed by atoms with van der Waals surface area (Å²) in [6, 6.07) is 9.66. The smallest absolute Gasteiger partial charge is 0.189 e. The molecule has 0 aliphatic rings. The largest absolute Gasteiger partial charge is 0.494 e. The third-order valence-corrected chi connectivity index (χ3v) is 8.98. The highest BCUT2D eigenvalue weighted by Crippen LogP contribution is 2.38. The first-order chi connectivity index (χ1) is 25.1. The number of ketones is 1. The molecule has 288 valence electrons. The molecule has 0 saturated heterocycles. The van der Waals surface area contributed by atoms with Gasteiger partial charge in [0.25, 0.3) is 0 Å². The van der Waals surface area contributed by atoms with E-state index in [0.717, 1.165) is 101 Å². The van der Waals surface area contributed by atoms with Crippen molar-refractivity contribution in [2.45, 2.75) is 163 Å². The van der Waals surface area contributed by atoms with Crippen LogP contribution in [-0.4, -0.2) is 38.8 Å². The van der Waals surface area contributed by atoms with Gasteiger partial charge in [-0.25, -0.2) is 0 Å². The molecule has 0 spiro atoms. The Morgan fingerprint density at radius 2 is 0.922 bits per heavy atom. The van der Waals surface area contributed by atoms with Crippen molar-refractivity contribution < 1.29 is 28.5 Å². The zero-order valence-corrected chi connectivity index (χ0v) is 33.2. The molecule has 0 aliphatic heterocycles.